The summed E-state index contributed by atoms with van der Waals surface area (Å²) in [7, 11) is -0.399. The smallest absolute Gasteiger partial charge is 0.295 e. The molecule has 0 bridgehead atoms. The van der Waals surface area contributed by atoms with E-state index in [0.717, 1.165) is 5.01 Å². The van der Waals surface area contributed by atoms with Crippen molar-refractivity contribution in [3.05, 3.63) is 44.8 Å². The summed E-state index contributed by atoms with van der Waals surface area (Å²) in [5.74, 6) is 0. The lowest BCUT2D eigenvalue weighted by Crippen LogP contribution is -2.23. The minimum Gasteiger partial charge on any atom is -0.295 e. The van der Waals surface area contributed by atoms with Crippen LogP contribution in [0.25, 0.3) is 11.0 Å². The Bertz CT molecular complexity index is 1040. The van der Waals surface area contributed by atoms with Crippen LogP contribution in [0.5, 0.6) is 0 Å². The van der Waals surface area contributed by atoms with Gasteiger partial charge < -0.3 is 0 Å². The molecule has 0 unspecified atom stereocenters. The molecule has 0 aliphatic rings. The maximum atomic E-state index is 12.4. The first-order valence-corrected chi connectivity index (χ1v) is 9.22. The molecular formula is C14H16N4O3S2. The zero-order chi connectivity index (χ0) is 16.8. The Labute approximate surface area is 137 Å². The summed E-state index contributed by atoms with van der Waals surface area (Å²) in [6.45, 7) is 2.00. The second kappa shape index (κ2) is 5.59. The molecule has 23 heavy (non-hydrogen) atoms. The molecule has 0 spiro atoms. The second-order valence-electron chi connectivity index (χ2n) is 5.23. The number of rotatable bonds is 4. The van der Waals surface area contributed by atoms with E-state index in [2.05, 4.69) is 9.71 Å². The van der Waals surface area contributed by atoms with Crippen molar-refractivity contribution in [2.24, 2.45) is 14.1 Å². The highest BCUT2D eigenvalue weighted by molar-refractivity contribution is 7.89. The molecule has 3 rings (SSSR count). The molecule has 9 heteroatoms. The van der Waals surface area contributed by atoms with Gasteiger partial charge in [-0.1, -0.05) is 0 Å². The lowest BCUT2D eigenvalue weighted by Gasteiger charge is -2.06. The molecule has 0 atom stereocenters. The Morgan fingerprint density at radius 2 is 1.91 bits per heavy atom. The van der Waals surface area contributed by atoms with E-state index in [1.807, 2.05) is 12.3 Å². The van der Waals surface area contributed by atoms with Crippen molar-refractivity contribution in [3.63, 3.8) is 0 Å². The summed E-state index contributed by atoms with van der Waals surface area (Å²) < 4.78 is 30.3. The van der Waals surface area contributed by atoms with Crippen LogP contribution in [0.15, 0.2) is 33.3 Å². The number of benzene rings is 1. The molecule has 0 aliphatic carbocycles. The van der Waals surface area contributed by atoms with E-state index in [9.17, 15) is 13.2 Å². The zero-order valence-electron chi connectivity index (χ0n) is 12.9. The maximum absolute atomic E-state index is 12.4. The van der Waals surface area contributed by atoms with Gasteiger partial charge in [0.05, 0.1) is 33.2 Å². The van der Waals surface area contributed by atoms with Crippen LogP contribution in [0.3, 0.4) is 0 Å². The van der Waals surface area contributed by atoms with Crippen LogP contribution in [0.2, 0.25) is 0 Å². The monoisotopic (exact) mass is 352 g/mol. The van der Waals surface area contributed by atoms with Gasteiger partial charge in [-0.2, -0.15) is 0 Å². The molecule has 2 aromatic heterocycles. The van der Waals surface area contributed by atoms with E-state index in [-0.39, 0.29) is 17.1 Å². The predicted molar refractivity (Wildman–Crippen MR) is 89.0 cm³/mol. The molecule has 1 N–H and O–H groups in total. The van der Waals surface area contributed by atoms with Crippen molar-refractivity contribution in [3.8, 4) is 0 Å². The largest absolute Gasteiger partial charge is 0.328 e. The first kappa shape index (κ1) is 15.9. The second-order valence-corrected chi connectivity index (χ2v) is 8.06. The fourth-order valence-electron chi connectivity index (χ4n) is 2.40. The predicted octanol–water partition coefficient (Wildman–Crippen LogP) is 1.12. The quantitative estimate of drug-likeness (QED) is 0.762. The SMILES string of the molecule is Cc1nc(CNS(=O)(=O)c2ccc3c(c2)n(C)c(=O)n3C)cs1. The number of hydrogen-bond donors (Lipinski definition) is 1. The van der Waals surface area contributed by atoms with E-state index in [4.69, 9.17) is 0 Å². The Balaban J connectivity index is 1.95. The minimum atomic E-state index is -3.67. The first-order valence-electron chi connectivity index (χ1n) is 6.86. The van der Waals surface area contributed by atoms with Crippen LogP contribution in [-0.2, 0) is 30.7 Å². The highest BCUT2D eigenvalue weighted by atomic mass is 32.2. The third-order valence-electron chi connectivity index (χ3n) is 3.66. The van der Waals surface area contributed by atoms with E-state index >= 15 is 0 Å². The van der Waals surface area contributed by atoms with Crippen molar-refractivity contribution in [2.75, 3.05) is 0 Å². The fraction of sp³-hybridized carbons (Fsp3) is 0.286. The van der Waals surface area contributed by atoms with Crippen LogP contribution in [0, 0.1) is 6.92 Å². The lowest BCUT2D eigenvalue weighted by atomic mass is 10.3. The van der Waals surface area contributed by atoms with Crippen molar-refractivity contribution < 1.29 is 8.42 Å². The molecule has 122 valence electrons. The van der Waals surface area contributed by atoms with Crippen molar-refractivity contribution in [1.82, 2.24) is 18.8 Å². The molecule has 1 aromatic carbocycles. The van der Waals surface area contributed by atoms with Gasteiger partial charge in [0.2, 0.25) is 10.0 Å². The summed E-state index contributed by atoms with van der Waals surface area (Å²) in [6.07, 6.45) is 0. The molecule has 2 heterocycles. The number of aromatic nitrogens is 3. The van der Waals surface area contributed by atoms with Gasteiger partial charge in [-0.25, -0.2) is 22.9 Å². The van der Waals surface area contributed by atoms with E-state index in [1.54, 1.807) is 20.2 Å². The Morgan fingerprint density at radius 3 is 2.57 bits per heavy atom. The summed E-state index contributed by atoms with van der Waals surface area (Å²) in [5, 5.41) is 2.71. The number of sulfonamides is 1. The normalized spacial score (nSPS) is 12.1. The summed E-state index contributed by atoms with van der Waals surface area (Å²) in [6, 6.07) is 4.64. The molecule has 0 saturated heterocycles. The molecule has 0 aliphatic heterocycles. The standard InChI is InChI=1S/C14H16N4O3S2/c1-9-16-10(8-22-9)7-15-23(20,21)11-4-5-12-13(6-11)18(3)14(19)17(12)2/h4-6,8,15H,7H2,1-3H3. The van der Waals surface area contributed by atoms with Gasteiger partial charge in [0.25, 0.3) is 0 Å². The number of hydrogen-bond acceptors (Lipinski definition) is 5. The van der Waals surface area contributed by atoms with Crippen LogP contribution in [-0.4, -0.2) is 22.5 Å². The average Bonchev–Trinajstić information content (AvgIpc) is 3.03. The fourth-order valence-corrected chi connectivity index (χ4v) is 4.03. The lowest BCUT2D eigenvalue weighted by molar-refractivity contribution is 0.580. The van der Waals surface area contributed by atoms with E-state index in [0.29, 0.717) is 16.7 Å². The van der Waals surface area contributed by atoms with Crippen molar-refractivity contribution in [1.29, 1.82) is 0 Å². The van der Waals surface area contributed by atoms with Crippen LogP contribution in [0.1, 0.15) is 10.7 Å². The van der Waals surface area contributed by atoms with Crippen molar-refractivity contribution in [2.45, 2.75) is 18.4 Å². The summed E-state index contributed by atoms with van der Waals surface area (Å²) in [5.41, 5.74) is 1.75. The first-order chi connectivity index (χ1) is 10.8. The highest BCUT2D eigenvalue weighted by Gasteiger charge is 2.17. The van der Waals surface area contributed by atoms with Gasteiger partial charge in [0.1, 0.15) is 0 Å². The maximum Gasteiger partial charge on any atom is 0.328 e. The van der Waals surface area contributed by atoms with Crippen LogP contribution in [0.4, 0.5) is 0 Å². The van der Waals surface area contributed by atoms with Crippen LogP contribution >= 0.6 is 11.3 Å². The van der Waals surface area contributed by atoms with Gasteiger partial charge in [-0.15, -0.1) is 11.3 Å². The Morgan fingerprint density at radius 1 is 1.22 bits per heavy atom. The molecule has 0 saturated carbocycles. The molecule has 0 amide bonds. The van der Waals surface area contributed by atoms with Gasteiger partial charge in [0.15, 0.2) is 0 Å². The molecule has 0 fully saturated rings. The van der Waals surface area contributed by atoms with Crippen molar-refractivity contribution >= 4 is 32.4 Å². The molecular weight excluding hydrogens is 336 g/mol. The highest BCUT2D eigenvalue weighted by Crippen LogP contribution is 2.18. The van der Waals surface area contributed by atoms with Gasteiger partial charge in [-0.05, 0) is 25.1 Å². The Kier molecular flexibility index (Phi) is 3.86. The van der Waals surface area contributed by atoms with Gasteiger partial charge in [-0.3, -0.25) is 9.13 Å². The zero-order valence-corrected chi connectivity index (χ0v) is 14.5. The summed E-state index contributed by atoms with van der Waals surface area (Å²) >= 11 is 1.47. The summed E-state index contributed by atoms with van der Waals surface area (Å²) in [4.78, 5) is 16.3. The third kappa shape index (κ3) is 2.82. The van der Waals surface area contributed by atoms with E-state index in [1.165, 1.54) is 32.6 Å². The number of thiazole rings is 1. The average molecular weight is 352 g/mol. The molecule has 3 aromatic rings. The molecule has 0 radical (unpaired) electrons. The number of nitrogens with one attached hydrogen (secondary N) is 1. The van der Waals surface area contributed by atoms with Gasteiger partial charge in [0, 0.05) is 19.5 Å². The number of fused-ring (bicyclic) bond motifs is 1. The minimum absolute atomic E-state index is 0.123. The number of nitrogens with zero attached hydrogens (tertiary/aromatic N) is 3. The number of aryl methyl sites for hydroxylation is 3. The third-order valence-corrected chi connectivity index (χ3v) is 5.88. The van der Waals surface area contributed by atoms with Crippen LogP contribution < -0.4 is 10.4 Å². The Hall–Kier alpha value is -1.97. The number of imidazole rings is 1. The topological polar surface area (TPSA) is 86.0 Å². The molecule has 7 nitrogen and oxygen atoms in total. The van der Waals surface area contributed by atoms with E-state index < -0.39 is 10.0 Å². The van der Waals surface area contributed by atoms with Gasteiger partial charge >= 0.3 is 5.69 Å².